The Labute approximate surface area is 144 Å². The highest BCUT2D eigenvalue weighted by molar-refractivity contribution is 5.89. The van der Waals surface area contributed by atoms with Crippen LogP contribution in [0.4, 0.5) is 10.6 Å². The van der Waals surface area contributed by atoms with Crippen LogP contribution in [-0.4, -0.2) is 41.6 Å². The summed E-state index contributed by atoms with van der Waals surface area (Å²) in [6.07, 6.45) is 8.00. The Balaban J connectivity index is 1.42. The number of hydrogen-bond acceptors (Lipinski definition) is 4. The maximum absolute atomic E-state index is 12.3. The molecule has 3 N–H and O–H groups in total. The molecule has 3 aromatic rings. The van der Waals surface area contributed by atoms with Crippen molar-refractivity contribution >= 4 is 11.8 Å². The molecule has 4 rings (SSSR count). The van der Waals surface area contributed by atoms with Gasteiger partial charge >= 0.3 is 6.03 Å². The van der Waals surface area contributed by atoms with E-state index in [2.05, 4.69) is 30.9 Å². The van der Waals surface area contributed by atoms with Crippen molar-refractivity contribution in [2.75, 3.05) is 5.32 Å². The van der Waals surface area contributed by atoms with Gasteiger partial charge in [-0.15, -0.1) is 0 Å². The summed E-state index contributed by atoms with van der Waals surface area (Å²) in [6.45, 7) is 0. The van der Waals surface area contributed by atoms with Crippen molar-refractivity contribution < 1.29 is 4.79 Å². The third kappa shape index (κ3) is 3.00. The molecule has 0 fully saturated rings. The van der Waals surface area contributed by atoms with Gasteiger partial charge < -0.3 is 9.88 Å². The highest BCUT2D eigenvalue weighted by atomic mass is 16.2. The molecule has 1 aliphatic rings. The van der Waals surface area contributed by atoms with Gasteiger partial charge in [0.05, 0.1) is 6.20 Å². The molecule has 0 spiro atoms. The predicted molar refractivity (Wildman–Crippen MR) is 92.0 cm³/mol. The van der Waals surface area contributed by atoms with Gasteiger partial charge in [0.15, 0.2) is 5.82 Å². The van der Waals surface area contributed by atoms with Gasteiger partial charge in [0, 0.05) is 44.3 Å². The number of imidazole rings is 1. The summed E-state index contributed by atoms with van der Waals surface area (Å²) in [6, 6.07) is 1.69. The summed E-state index contributed by atoms with van der Waals surface area (Å²) in [7, 11) is 3.70. The van der Waals surface area contributed by atoms with Crippen LogP contribution in [0.1, 0.15) is 17.7 Å². The molecule has 0 saturated carbocycles. The maximum atomic E-state index is 12.3. The van der Waals surface area contributed by atoms with Crippen LogP contribution in [0, 0.1) is 0 Å². The third-order valence-electron chi connectivity index (χ3n) is 4.52. The molecule has 2 amide bonds. The first-order chi connectivity index (χ1) is 12.1. The number of fused-ring (bicyclic) bond motifs is 1. The highest BCUT2D eigenvalue weighted by Gasteiger charge is 2.22. The average Bonchev–Trinajstić information content (AvgIpc) is 3.28. The Morgan fingerprint density at radius 1 is 1.40 bits per heavy atom. The molecule has 0 saturated heterocycles. The summed E-state index contributed by atoms with van der Waals surface area (Å²) in [5.41, 5.74) is 3.06. The lowest BCUT2D eigenvalue weighted by atomic mass is 9.94. The van der Waals surface area contributed by atoms with Crippen molar-refractivity contribution in [2.45, 2.75) is 25.3 Å². The molecule has 9 nitrogen and oxygen atoms in total. The lowest BCUT2D eigenvalue weighted by Crippen LogP contribution is -2.41. The van der Waals surface area contributed by atoms with Crippen molar-refractivity contribution in [3.63, 3.8) is 0 Å². The molecule has 3 aromatic heterocycles. The van der Waals surface area contributed by atoms with Crippen LogP contribution >= 0.6 is 0 Å². The first-order valence-corrected chi connectivity index (χ1v) is 8.20. The van der Waals surface area contributed by atoms with Gasteiger partial charge in [0.1, 0.15) is 11.5 Å². The SMILES string of the molecule is Cn1ccnc1-c1cc(NC(=O)NC2CCc3[nH]ncc3C2)n(C)n1. The number of urea groups is 1. The van der Waals surface area contributed by atoms with Crippen LogP contribution in [0.5, 0.6) is 0 Å². The first kappa shape index (κ1) is 15.4. The number of nitrogens with one attached hydrogen (secondary N) is 3. The van der Waals surface area contributed by atoms with E-state index in [1.807, 2.05) is 30.1 Å². The van der Waals surface area contributed by atoms with Gasteiger partial charge in [0.2, 0.25) is 0 Å². The summed E-state index contributed by atoms with van der Waals surface area (Å²) in [5.74, 6) is 1.37. The number of anilines is 1. The summed E-state index contributed by atoms with van der Waals surface area (Å²) >= 11 is 0. The number of aromatic nitrogens is 6. The number of nitrogens with zero attached hydrogens (tertiary/aromatic N) is 5. The molecular weight excluding hydrogens is 320 g/mol. The summed E-state index contributed by atoms with van der Waals surface area (Å²) in [5, 5.41) is 17.4. The fraction of sp³-hybridized carbons (Fsp3) is 0.375. The van der Waals surface area contributed by atoms with Gasteiger partial charge in [-0.05, 0) is 24.8 Å². The number of amides is 2. The highest BCUT2D eigenvalue weighted by Crippen LogP contribution is 2.20. The number of carbonyl (C=O) groups is 1. The van der Waals surface area contributed by atoms with E-state index in [-0.39, 0.29) is 12.1 Å². The normalized spacial score (nSPS) is 16.5. The maximum Gasteiger partial charge on any atom is 0.320 e. The molecule has 0 aliphatic heterocycles. The van der Waals surface area contributed by atoms with E-state index in [0.717, 1.165) is 25.1 Å². The summed E-state index contributed by atoms with van der Waals surface area (Å²) < 4.78 is 3.52. The number of rotatable bonds is 3. The second-order valence-electron chi connectivity index (χ2n) is 6.31. The molecule has 1 aliphatic carbocycles. The van der Waals surface area contributed by atoms with E-state index >= 15 is 0 Å². The van der Waals surface area contributed by atoms with Crippen molar-refractivity contribution in [1.29, 1.82) is 0 Å². The number of carbonyl (C=O) groups excluding carboxylic acids is 1. The minimum Gasteiger partial charge on any atom is -0.335 e. The Hall–Kier alpha value is -3.10. The quantitative estimate of drug-likeness (QED) is 0.666. The first-order valence-electron chi connectivity index (χ1n) is 8.20. The Bertz CT molecular complexity index is 905. The van der Waals surface area contributed by atoms with E-state index in [9.17, 15) is 4.79 Å². The fourth-order valence-electron chi connectivity index (χ4n) is 3.18. The monoisotopic (exact) mass is 340 g/mol. The van der Waals surface area contributed by atoms with E-state index in [1.54, 1.807) is 17.9 Å². The van der Waals surface area contributed by atoms with E-state index in [0.29, 0.717) is 11.5 Å². The Morgan fingerprint density at radius 2 is 2.28 bits per heavy atom. The molecule has 25 heavy (non-hydrogen) atoms. The number of aromatic amines is 1. The van der Waals surface area contributed by atoms with E-state index < -0.39 is 0 Å². The minimum atomic E-state index is -0.230. The second kappa shape index (κ2) is 6.08. The largest absolute Gasteiger partial charge is 0.335 e. The van der Waals surface area contributed by atoms with Crippen molar-refractivity contribution in [3.8, 4) is 11.5 Å². The Kier molecular flexibility index (Phi) is 3.75. The van der Waals surface area contributed by atoms with E-state index in [1.165, 1.54) is 11.3 Å². The fourth-order valence-corrected chi connectivity index (χ4v) is 3.18. The molecule has 0 radical (unpaired) electrons. The zero-order valence-electron chi connectivity index (χ0n) is 14.2. The molecule has 0 aromatic carbocycles. The second-order valence-corrected chi connectivity index (χ2v) is 6.31. The van der Waals surface area contributed by atoms with Gasteiger partial charge in [0.25, 0.3) is 0 Å². The smallest absolute Gasteiger partial charge is 0.320 e. The van der Waals surface area contributed by atoms with Gasteiger partial charge in [-0.25, -0.2) is 9.78 Å². The van der Waals surface area contributed by atoms with Crippen molar-refractivity contribution in [2.24, 2.45) is 14.1 Å². The van der Waals surface area contributed by atoms with Gasteiger partial charge in [-0.2, -0.15) is 10.2 Å². The summed E-state index contributed by atoms with van der Waals surface area (Å²) in [4.78, 5) is 16.6. The van der Waals surface area contributed by atoms with Crippen LogP contribution in [0.25, 0.3) is 11.5 Å². The standard InChI is InChI=1S/C16H20N8O/c1-23-6-5-17-15(23)13-8-14(24(2)22-13)20-16(25)19-11-3-4-12-10(7-11)9-18-21-12/h5-6,8-9,11H,3-4,7H2,1-2H3,(H,18,21)(H2,19,20,25). The lowest BCUT2D eigenvalue weighted by Gasteiger charge is -2.22. The Morgan fingerprint density at radius 3 is 3.08 bits per heavy atom. The number of H-pyrrole nitrogens is 1. The van der Waals surface area contributed by atoms with Crippen LogP contribution in [0.3, 0.4) is 0 Å². The topological polar surface area (TPSA) is 105 Å². The molecule has 0 bridgehead atoms. The zero-order valence-corrected chi connectivity index (χ0v) is 14.2. The van der Waals surface area contributed by atoms with Crippen LogP contribution in [-0.2, 0) is 26.9 Å². The minimum absolute atomic E-state index is 0.104. The zero-order chi connectivity index (χ0) is 17.4. The van der Waals surface area contributed by atoms with Crippen LogP contribution < -0.4 is 10.6 Å². The molecule has 1 unspecified atom stereocenters. The number of hydrogen-bond donors (Lipinski definition) is 3. The van der Waals surface area contributed by atoms with Gasteiger partial charge in [-0.3, -0.25) is 15.1 Å². The molecule has 3 heterocycles. The van der Waals surface area contributed by atoms with Crippen molar-refractivity contribution in [1.82, 2.24) is 34.8 Å². The molecule has 130 valence electrons. The lowest BCUT2D eigenvalue weighted by molar-refractivity contribution is 0.247. The van der Waals surface area contributed by atoms with Crippen LogP contribution in [0.2, 0.25) is 0 Å². The predicted octanol–water partition coefficient (Wildman–Crippen LogP) is 1.22. The molecule has 1 atom stereocenters. The third-order valence-corrected chi connectivity index (χ3v) is 4.52. The van der Waals surface area contributed by atoms with Gasteiger partial charge in [-0.1, -0.05) is 0 Å². The molecule has 9 heteroatoms. The van der Waals surface area contributed by atoms with Crippen molar-refractivity contribution in [3.05, 3.63) is 35.9 Å². The average molecular weight is 340 g/mol. The van der Waals surface area contributed by atoms with Crippen LogP contribution in [0.15, 0.2) is 24.7 Å². The van der Waals surface area contributed by atoms with E-state index in [4.69, 9.17) is 0 Å². The molecular formula is C16H20N8O. The number of aryl methyl sites for hydroxylation is 3.